The summed E-state index contributed by atoms with van der Waals surface area (Å²) in [4.78, 5) is 26.6. The second-order valence-corrected chi connectivity index (χ2v) is 5.07. The summed E-state index contributed by atoms with van der Waals surface area (Å²) in [5.41, 5.74) is 0. The fourth-order valence-electron chi connectivity index (χ4n) is 2.38. The van der Waals surface area contributed by atoms with Crippen LogP contribution in [-0.4, -0.2) is 59.0 Å². The number of piperidine rings is 1. The first-order valence-electron chi connectivity index (χ1n) is 6.69. The molecule has 0 aliphatic carbocycles. The van der Waals surface area contributed by atoms with E-state index in [0.717, 1.165) is 25.8 Å². The second kappa shape index (κ2) is 6.73. The molecule has 1 aliphatic heterocycles. The van der Waals surface area contributed by atoms with Crippen LogP contribution in [-0.2, 0) is 9.59 Å². The van der Waals surface area contributed by atoms with E-state index in [0.29, 0.717) is 6.04 Å². The molecule has 0 saturated carbocycles. The van der Waals surface area contributed by atoms with Gasteiger partial charge in [0.1, 0.15) is 6.04 Å². The Morgan fingerprint density at radius 2 is 2.11 bits per heavy atom. The van der Waals surface area contributed by atoms with Crippen molar-refractivity contribution in [2.24, 2.45) is 0 Å². The molecule has 1 rings (SSSR count). The topological polar surface area (TPSA) is 60.9 Å². The Labute approximate surface area is 109 Å². The summed E-state index contributed by atoms with van der Waals surface area (Å²) in [5, 5.41) is 8.91. The highest BCUT2D eigenvalue weighted by Gasteiger charge is 2.27. The van der Waals surface area contributed by atoms with E-state index in [2.05, 4.69) is 6.92 Å². The summed E-state index contributed by atoms with van der Waals surface area (Å²) in [6.07, 6.45) is 4.29. The fourth-order valence-corrected chi connectivity index (χ4v) is 2.38. The molecule has 0 aromatic rings. The Balaban J connectivity index is 2.55. The van der Waals surface area contributed by atoms with Gasteiger partial charge in [-0.2, -0.15) is 0 Å². The zero-order chi connectivity index (χ0) is 13.7. The first-order valence-corrected chi connectivity index (χ1v) is 6.69. The number of hydrogen-bond donors (Lipinski definition) is 1. The molecule has 0 bridgehead atoms. The lowest BCUT2D eigenvalue weighted by atomic mass is 10.00. The van der Waals surface area contributed by atoms with Crippen molar-refractivity contribution in [2.75, 3.05) is 20.1 Å². The Kier molecular flexibility index (Phi) is 5.59. The van der Waals surface area contributed by atoms with Crippen LogP contribution in [0, 0.1) is 0 Å². The average molecular weight is 256 g/mol. The zero-order valence-electron chi connectivity index (χ0n) is 11.6. The lowest BCUT2D eigenvalue weighted by molar-refractivity contribution is -0.144. The van der Waals surface area contributed by atoms with E-state index in [4.69, 9.17) is 5.11 Å². The summed E-state index contributed by atoms with van der Waals surface area (Å²) in [5.74, 6) is -0.840. The van der Waals surface area contributed by atoms with Crippen LogP contribution in [0.3, 0.4) is 0 Å². The van der Waals surface area contributed by atoms with Crippen LogP contribution in [0.5, 0.6) is 0 Å². The van der Waals surface area contributed by atoms with Crippen LogP contribution in [0.1, 0.15) is 39.5 Å². The highest BCUT2D eigenvalue weighted by molar-refractivity contribution is 5.80. The van der Waals surface area contributed by atoms with E-state index in [1.165, 1.54) is 6.42 Å². The summed E-state index contributed by atoms with van der Waals surface area (Å²) in [7, 11) is 1.68. The van der Waals surface area contributed by atoms with Gasteiger partial charge in [0.2, 0.25) is 5.91 Å². The number of rotatable bonds is 5. The number of likely N-dealkylation sites (N-methyl/N-ethyl adjacent to an activating group) is 1. The number of hydrogen-bond acceptors (Lipinski definition) is 3. The lowest BCUT2D eigenvalue weighted by Gasteiger charge is -2.36. The van der Waals surface area contributed by atoms with Crippen LogP contribution in [0.15, 0.2) is 0 Å². The van der Waals surface area contributed by atoms with Gasteiger partial charge < -0.3 is 10.0 Å². The van der Waals surface area contributed by atoms with Gasteiger partial charge in [-0.15, -0.1) is 0 Å². The molecule has 0 spiro atoms. The predicted octanol–water partition coefficient (Wildman–Crippen LogP) is 1.18. The van der Waals surface area contributed by atoms with Crippen LogP contribution < -0.4 is 0 Å². The maximum atomic E-state index is 12.2. The van der Waals surface area contributed by atoms with E-state index in [1.54, 1.807) is 18.9 Å². The van der Waals surface area contributed by atoms with Crippen molar-refractivity contribution < 1.29 is 14.7 Å². The third kappa shape index (κ3) is 3.70. The largest absolute Gasteiger partial charge is 0.480 e. The van der Waals surface area contributed by atoms with Crippen molar-refractivity contribution in [3.05, 3.63) is 0 Å². The van der Waals surface area contributed by atoms with E-state index in [-0.39, 0.29) is 12.5 Å². The normalized spacial score (nSPS) is 22.0. The molecule has 5 heteroatoms. The van der Waals surface area contributed by atoms with E-state index >= 15 is 0 Å². The van der Waals surface area contributed by atoms with E-state index in [1.807, 2.05) is 4.90 Å². The van der Waals surface area contributed by atoms with E-state index < -0.39 is 12.0 Å². The third-order valence-electron chi connectivity index (χ3n) is 3.82. The summed E-state index contributed by atoms with van der Waals surface area (Å²) in [6.45, 7) is 4.69. The molecule has 0 unspecified atom stereocenters. The maximum Gasteiger partial charge on any atom is 0.320 e. The molecule has 1 N–H and O–H groups in total. The molecular weight excluding hydrogens is 232 g/mol. The number of carbonyl (C=O) groups excluding carboxylic acids is 1. The molecule has 0 aromatic heterocycles. The maximum absolute atomic E-state index is 12.2. The van der Waals surface area contributed by atoms with Gasteiger partial charge in [0.25, 0.3) is 0 Å². The van der Waals surface area contributed by atoms with Gasteiger partial charge in [-0.05, 0) is 39.7 Å². The van der Waals surface area contributed by atoms with Gasteiger partial charge in [-0.25, -0.2) is 0 Å². The molecule has 104 valence electrons. The number of likely N-dealkylation sites (tertiary alicyclic amines) is 1. The lowest BCUT2D eigenvalue weighted by Crippen LogP contribution is -2.49. The van der Waals surface area contributed by atoms with Crippen molar-refractivity contribution in [1.29, 1.82) is 0 Å². The molecule has 18 heavy (non-hydrogen) atoms. The highest BCUT2D eigenvalue weighted by atomic mass is 16.4. The first-order chi connectivity index (χ1) is 8.47. The molecule has 1 aliphatic rings. The molecular formula is C13H24N2O3. The minimum atomic E-state index is -0.893. The standard InChI is InChI=1S/C13H24N2O3/c1-4-11-7-5-6-8-15(11)12(16)9-14(3)10(2)13(17)18/h10-11H,4-9H2,1-3H3,(H,17,18)/t10-,11-/m1/s1. The fraction of sp³-hybridized carbons (Fsp3) is 0.846. The third-order valence-corrected chi connectivity index (χ3v) is 3.82. The van der Waals surface area contributed by atoms with Crippen molar-refractivity contribution in [2.45, 2.75) is 51.6 Å². The number of amides is 1. The molecule has 1 fully saturated rings. The molecule has 1 heterocycles. The number of aliphatic carboxylic acids is 1. The van der Waals surface area contributed by atoms with E-state index in [9.17, 15) is 9.59 Å². The highest BCUT2D eigenvalue weighted by Crippen LogP contribution is 2.19. The van der Waals surface area contributed by atoms with Crippen LogP contribution in [0.4, 0.5) is 0 Å². The predicted molar refractivity (Wildman–Crippen MR) is 69.4 cm³/mol. The number of carbonyl (C=O) groups is 2. The van der Waals surface area contributed by atoms with Crippen molar-refractivity contribution in [3.63, 3.8) is 0 Å². The molecule has 0 radical (unpaired) electrons. The van der Waals surface area contributed by atoms with Gasteiger partial charge in [0.05, 0.1) is 6.54 Å². The van der Waals surface area contributed by atoms with Crippen molar-refractivity contribution in [3.8, 4) is 0 Å². The van der Waals surface area contributed by atoms with Gasteiger partial charge in [0, 0.05) is 12.6 Å². The molecule has 5 nitrogen and oxygen atoms in total. The molecule has 1 amide bonds. The minimum absolute atomic E-state index is 0.0529. The van der Waals surface area contributed by atoms with Gasteiger partial charge >= 0.3 is 5.97 Å². The summed E-state index contributed by atoms with van der Waals surface area (Å²) in [6, 6.07) is -0.293. The SMILES string of the molecule is CC[C@@H]1CCCCN1C(=O)CN(C)[C@H](C)C(=O)O. The molecule has 2 atom stereocenters. The van der Waals surface area contributed by atoms with Crippen molar-refractivity contribution in [1.82, 2.24) is 9.80 Å². The van der Waals surface area contributed by atoms with Crippen LogP contribution in [0.25, 0.3) is 0 Å². The smallest absolute Gasteiger partial charge is 0.320 e. The zero-order valence-corrected chi connectivity index (χ0v) is 11.6. The monoisotopic (exact) mass is 256 g/mol. The first kappa shape index (κ1) is 15.0. The van der Waals surface area contributed by atoms with Gasteiger partial charge in [-0.1, -0.05) is 6.92 Å². The Morgan fingerprint density at radius 3 is 2.67 bits per heavy atom. The quantitative estimate of drug-likeness (QED) is 0.802. The summed E-state index contributed by atoms with van der Waals surface area (Å²) >= 11 is 0. The van der Waals surface area contributed by atoms with Gasteiger partial charge in [-0.3, -0.25) is 14.5 Å². The van der Waals surface area contributed by atoms with Gasteiger partial charge in [0.15, 0.2) is 0 Å². The Bertz CT molecular complexity index is 307. The molecule has 1 saturated heterocycles. The van der Waals surface area contributed by atoms with Crippen molar-refractivity contribution >= 4 is 11.9 Å². The number of carboxylic acid groups (broad SMARTS) is 1. The average Bonchev–Trinajstić information content (AvgIpc) is 2.37. The minimum Gasteiger partial charge on any atom is -0.480 e. The Hall–Kier alpha value is -1.10. The number of nitrogens with zero attached hydrogens (tertiary/aromatic N) is 2. The second-order valence-electron chi connectivity index (χ2n) is 5.07. The molecule has 0 aromatic carbocycles. The van der Waals surface area contributed by atoms with Crippen LogP contribution >= 0.6 is 0 Å². The number of carboxylic acids is 1. The van der Waals surface area contributed by atoms with Crippen LogP contribution in [0.2, 0.25) is 0 Å². The summed E-state index contributed by atoms with van der Waals surface area (Å²) < 4.78 is 0. The Morgan fingerprint density at radius 1 is 1.44 bits per heavy atom.